The van der Waals surface area contributed by atoms with Crippen molar-refractivity contribution in [2.75, 3.05) is 11.9 Å². The summed E-state index contributed by atoms with van der Waals surface area (Å²) in [6.45, 7) is -0.703. The fourth-order valence-electron chi connectivity index (χ4n) is 4.13. The van der Waals surface area contributed by atoms with Gasteiger partial charge in [0.15, 0.2) is 36.3 Å². The number of nitrogens with one attached hydrogen (secondary N) is 1. The number of carbonyl (C=O) groups excluding carboxylic acids is 2. The third kappa shape index (κ3) is 4.00. The van der Waals surface area contributed by atoms with Crippen molar-refractivity contribution in [2.45, 2.75) is 18.0 Å². The summed E-state index contributed by atoms with van der Waals surface area (Å²) in [6.07, 6.45) is 0.672. The van der Waals surface area contributed by atoms with Crippen LogP contribution in [0.15, 0.2) is 66.7 Å². The van der Waals surface area contributed by atoms with Gasteiger partial charge in [0, 0.05) is 10.6 Å². The molecule has 1 amide bonds. The van der Waals surface area contributed by atoms with E-state index in [0.717, 1.165) is 17.4 Å². The van der Waals surface area contributed by atoms with Gasteiger partial charge in [-0.3, -0.25) is 14.9 Å². The van der Waals surface area contributed by atoms with Crippen LogP contribution in [0.1, 0.15) is 12.8 Å². The van der Waals surface area contributed by atoms with Gasteiger partial charge in [0.1, 0.15) is 10.7 Å². The van der Waals surface area contributed by atoms with Crippen LogP contribution >= 0.6 is 18.5 Å². The molecule has 1 fully saturated rings. The van der Waals surface area contributed by atoms with Crippen LogP contribution in [0.4, 0.5) is 18.3 Å². The molecule has 1 saturated carbocycles. The highest BCUT2D eigenvalue weighted by atomic mass is 32.1. The van der Waals surface area contributed by atoms with Gasteiger partial charge in [0.2, 0.25) is 0 Å². The molecule has 4 aromatic rings. The van der Waals surface area contributed by atoms with Gasteiger partial charge in [-0.25, -0.2) is 18.2 Å². The Morgan fingerprint density at radius 2 is 1.56 bits per heavy atom. The third-order valence-electron chi connectivity index (χ3n) is 6.05. The number of fused-ring (bicyclic) bond motifs is 1. The summed E-state index contributed by atoms with van der Waals surface area (Å²) in [5, 5.41) is 1.97. The fourth-order valence-corrected chi connectivity index (χ4v) is 8.57. The van der Waals surface area contributed by atoms with E-state index in [-0.39, 0.29) is 9.83 Å². The molecule has 1 heterocycles. The second kappa shape index (κ2) is 9.19. The maximum Gasteiger partial charge on any atom is 0.320 e. The number of hydrogen-bond acceptors (Lipinski definition) is 6. The maximum absolute atomic E-state index is 14.6. The molecule has 1 aliphatic rings. The van der Waals surface area contributed by atoms with E-state index in [1.807, 2.05) is 0 Å². The topological polar surface area (TPSA) is 85.4 Å². The van der Waals surface area contributed by atoms with Gasteiger partial charge < -0.3 is 9.30 Å². The minimum Gasteiger partial charge on any atom is -0.455 e. The smallest absolute Gasteiger partial charge is 0.320 e. The van der Waals surface area contributed by atoms with Crippen molar-refractivity contribution >= 4 is 56.3 Å². The average Bonchev–Trinajstić information content (AvgIpc) is 3.62. The summed E-state index contributed by atoms with van der Waals surface area (Å²) in [5.74, 6) is -6.02. The lowest BCUT2D eigenvalue weighted by molar-refractivity contribution is -0.147. The minimum absolute atomic E-state index is 0.00212. The Balaban J connectivity index is 1.34. The summed E-state index contributed by atoms with van der Waals surface area (Å²) < 4.78 is 60.7. The van der Waals surface area contributed by atoms with Crippen molar-refractivity contribution in [2.24, 2.45) is 0 Å². The van der Waals surface area contributed by atoms with E-state index in [0.29, 0.717) is 23.5 Å². The first-order chi connectivity index (χ1) is 17.3. The van der Waals surface area contributed by atoms with E-state index < -0.39 is 53.7 Å². The molecular weight excluding hydrogens is 512 g/mol. The normalized spacial score (nSPS) is 14.4. The van der Waals surface area contributed by atoms with Crippen molar-refractivity contribution in [1.82, 2.24) is 4.98 Å². The van der Waals surface area contributed by atoms with Crippen LogP contribution in [0.5, 0.6) is 0 Å². The lowest BCUT2D eigenvalue weighted by atomic mass is 10.3. The third-order valence-corrected chi connectivity index (χ3v) is 10.9. The maximum atomic E-state index is 14.6. The lowest BCUT2D eigenvalue weighted by Crippen LogP contribution is -2.36. The van der Waals surface area contributed by atoms with Gasteiger partial charge >= 0.3 is 5.97 Å². The number of thiazole rings is 1. The van der Waals surface area contributed by atoms with Gasteiger partial charge in [0.05, 0.1) is 4.70 Å². The Morgan fingerprint density at radius 3 is 2.11 bits per heavy atom. The molecule has 0 spiro atoms. The predicted octanol–water partition coefficient (Wildman–Crippen LogP) is 4.74. The molecule has 36 heavy (non-hydrogen) atoms. The van der Waals surface area contributed by atoms with Crippen LogP contribution in [0.3, 0.4) is 0 Å². The number of esters is 1. The van der Waals surface area contributed by atoms with Crippen LogP contribution < -0.4 is 15.9 Å². The van der Waals surface area contributed by atoms with E-state index >= 15 is 0 Å². The first-order valence-corrected chi connectivity index (χ1v) is 13.4. The fraction of sp³-hybridized carbons (Fsp3) is 0.160. The number of benzene rings is 3. The van der Waals surface area contributed by atoms with Crippen molar-refractivity contribution in [3.05, 3.63) is 84.2 Å². The molecule has 0 bridgehead atoms. The van der Waals surface area contributed by atoms with Crippen molar-refractivity contribution in [3.63, 3.8) is 0 Å². The molecule has 0 aliphatic heterocycles. The number of aromatic nitrogens is 1. The number of carbonyl (C=O) groups is 2. The number of ether oxygens (including phenoxy) is 1. The van der Waals surface area contributed by atoms with Crippen molar-refractivity contribution < 1.29 is 32.1 Å². The molecule has 11 heteroatoms. The lowest BCUT2D eigenvalue weighted by Gasteiger charge is -2.27. The van der Waals surface area contributed by atoms with Gasteiger partial charge in [-0.15, -0.1) is 0 Å². The number of anilines is 1. The molecule has 1 N–H and O–H groups in total. The summed E-state index contributed by atoms with van der Waals surface area (Å²) in [5.41, 5.74) is -0.421. The van der Waals surface area contributed by atoms with Crippen LogP contribution in [0.25, 0.3) is 10.2 Å². The van der Waals surface area contributed by atoms with Crippen LogP contribution in [0.2, 0.25) is 0 Å². The van der Waals surface area contributed by atoms with Crippen molar-refractivity contribution in [3.8, 4) is 0 Å². The molecule has 1 aliphatic carbocycles. The van der Waals surface area contributed by atoms with Crippen LogP contribution in [-0.2, 0) is 18.9 Å². The molecule has 184 valence electrons. The summed E-state index contributed by atoms with van der Waals surface area (Å²) >= 11 is 0.739. The number of rotatable bonds is 7. The predicted molar refractivity (Wildman–Crippen MR) is 131 cm³/mol. The highest BCUT2D eigenvalue weighted by Gasteiger charge is 2.65. The Morgan fingerprint density at radius 1 is 0.972 bits per heavy atom. The molecule has 0 atom stereocenters. The second-order valence-electron chi connectivity index (χ2n) is 8.29. The van der Waals surface area contributed by atoms with E-state index in [1.165, 1.54) is 0 Å². The molecule has 6 nitrogen and oxygen atoms in total. The first kappa shape index (κ1) is 24.2. The Hall–Kier alpha value is -3.49. The van der Waals surface area contributed by atoms with Crippen LogP contribution in [-0.4, -0.2) is 28.6 Å². The van der Waals surface area contributed by atoms with Crippen molar-refractivity contribution in [1.29, 1.82) is 0 Å². The Bertz CT molecular complexity index is 1480. The standard InChI is InChI=1S/C25H18F3N2O4PS/c26-17-13-18-22(21(28)20(17)27)30-24(36-18)29-19(31)14-34-23(32)25(11-12-25)35(33,15-7-3-1-4-8-15)16-9-5-2-6-10-16/h1-10,13H,11-12,14H2,(H,29,30,31). The first-order valence-electron chi connectivity index (χ1n) is 10.9. The van der Waals surface area contributed by atoms with E-state index in [1.54, 1.807) is 60.7 Å². The monoisotopic (exact) mass is 530 g/mol. The van der Waals surface area contributed by atoms with Gasteiger partial charge in [-0.1, -0.05) is 72.0 Å². The summed E-state index contributed by atoms with van der Waals surface area (Å²) in [4.78, 5) is 29.4. The number of hydrogen-bond donors (Lipinski definition) is 1. The Kier molecular flexibility index (Phi) is 6.18. The average molecular weight is 530 g/mol. The molecule has 1 aromatic heterocycles. The zero-order valence-corrected chi connectivity index (χ0v) is 20.3. The van der Waals surface area contributed by atoms with E-state index in [9.17, 15) is 27.3 Å². The zero-order valence-electron chi connectivity index (χ0n) is 18.5. The number of nitrogens with zero attached hydrogens (tertiary/aromatic N) is 1. The number of amides is 1. The zero-order chi connectivity index (χ0) is 25.5. The van der Waals surface area contributed by atoms with Gasteiger partial charge in [-0.05, 0) is 18.9 Å². The molecule has 0 saturated heterocycles. The summed E-state index contributed by atoms with van der Waals surface area (Å²) in [6, 6.07) is 18.2. The molecule has 0 unspecified atom stereocenters. The quantitative estimate of drug-likeness (QED) is 0.212. The van der Waals surface area contributed by atoms with Crippen LogP contribution in [0, 0.1) is 17.5 Å². The molecule has 3 aromatic carbocycles. The SMILES string of the molecule is O=C(COC(=O)C1(P(=O)(c2ccccc2)c2ccccc2)CC1)Nc1nc2c(F)c(F)c(F)cc2s1. The Labute approximate surface area is 207 Å². The highest BCUT2D eigenvalue weighted by Crippen LogP contribution is 2.68. The second-order valence-corrected chi connectivity index (χ2v) is 12.4. The van der Waals surface area contributed by atoms with E-state index in [2.05, 4.69) is 10.3 Å². The van der Waals surface area contributed by atoms with E-state index in [4.69, 9.17) is 4.74 Å². The highest BCUT2D eigenvalue weighted by molar-refractivity contribution is 7.81. The van der Waals surface area contributed by atoms with Gasteiger partial charge in [0.25, 0.3) is 5.91 Å². The summed E-state index contributed by atoms with van der Waals surface area (Å²) in [7, 11) is -3.46. The largest absolute Gasteiger partial charge is 0.455 e. The molecule has 5 rings (SSSR count). The molecular formula is C25H18F3N2O4PS. The minimum atomic E-state index is -3.46. The number of halogens is 3. The van der Waals surface area contributed by atoms with Gasteiger partial charge in [-0.2, -0.15) is 0 Å². The molecule has 0 radical (unpaired) electrons.